The average molecular weight is 349 g/mol. The monoisotopic (exact) mass is 349 g/mol. The Morgan fingerprint density at radius 1 is 1.33 bits per heavy atom. The number of amides is 2. The second kappa shape index (κ2) is 7.59. The Hall–Kier alpha value is -2.19. The van der Waals surface area contributed by atoms with Crippen LogP contribution in [-0.2, 0) is 4.79 Å². The third-order valence-corrected chi connectivity index (χ3v) is 4.77. The summed E-state index contributed by atoms with van der Waals surface area (Å²) in [5.41, 5.74) is 6.71. The van der Waals surface area contributed by atoms with Crippen molar-refractivity contribution in [1.29, 1.82) is 0 Å². The van der Waals surface area contributed by atoms with Gasteiger partial charge in [-0.15, -0.1) is 11.3 Å². The molecule has 0 saturated carbocycles. The highest BCUT2D eigenvalue weighted by molar-refractivity contribution is 7.14. The maximum Gasteiger partial charge on any atom is 0.251 e. The molecular weight excluding hydrogens is 326 g/mol. The van der Waals surface area contributed by atoms with Crippen molar-refractivity contribution in [3.8, 4) is 0 Å². The number of thiophene rings is 1. The van der Waals surface area contributed by atoms with Gasteiger partial charge in [0.25, 0.3) is 5.91 Å². The lowest BCUT2D eigenvalue weighted by molar-refractivity contribution is -0.118. The molecule has 2 heterocycles. The van der Waals surface area contributed by atoms with Crippen molar-refractivity contribution >= 4 is 28.2 Å². The number of aromatic nitrogens is 2. The third-order valence-electron chi connectivity index (χ3n) is 3.95. The van der Waals surface area contributed by atoms with E-state index >= 15 is 0 Å². The molecule has 0 aliphatic carbocycles. The number of nitrogens with two attached hydrogens (primary N) is 1. The van der Waals surface area contributed by atoms with Gasteiger partial charge in [0.2, 0.25) is 5.91 Å². The highest BCUT2D eigenvalue weighted by Gasteiger charge is 2.22. The summed E-state index contributed by atoms with van der Waals surface area (Å²) < 4.78 is 1.88. The summed E-state index contributed by atoms with van der Waals surface area (Å²) in [6.45, 7) is 7.82. The highest BCUT2D eigenvalue weighted by Crippen LogP contribution is 2.22. The Morgan fingerprint density at radius 2 is 2.04 bits per heavy atom. The van der Waals surface area contributed by atoms with Gasteiger partial charge in [0.15, 0.2) is 0 Å². The number of anilines is 1. The fraction of sp³-hybridized carbons (Fsp3) is 0.438. The molecule has 0 aromatic carbocycles. The minimum atomic E-state index is -0.553. The number of carbonyl (C=O) groups is 2. The van der Waals surface area contributed by atoms with Gasteiger partial charge in [-0.05, 0) is 44.7 Å². The van der Waals surface area contributed by atoms with E-state index in [1.807, 2.05) is 37.8 Å². The Morgan fingerprint density at radius 3 is 2.62 bits per heavy atom. The van der Waals surface area contributed by atoms with Gasteiger partial charge in [-0.25, -0.2) is 0 Å². The SMILES string of the molecule is Cc1cnn([C@H](C)[C@H](C)N[C@H](C)C(=O)Nc2sccc2C(N)=O)c1. The lowest BCUT2D eigenvalue weighted by Gasteiger charge is -2.25. The summed E-state index contributed by atoms with van der Waals surface area (Å²) in [6, 6.07) is 1.30. The first-order chi connectivity index (χ1) is 11.3. The van der Waals surface area contributed by atoms with Crippen LogP contribution in [0.15, 0.2) is 23.8 Å². The lowest BCUT2D eigenvalue weighted by atomic mass is 10.1. The zero-order chi connectivity index (χ0) is 17.9. The van der Waals surface area contributed by atoms with Crippen LogP contribution < -0.4 is 16.4 Å². The normalized spacial score (nSPS) is 14.8. The van der Waals surface area contributed by atoms with Crippen LogP contribution >= 0.6 is 11.3 Å². The first-order valence-corrected chi connectivity index (χ1v) is 8.62. The minimum Gasteiger partial charge on any atom is -0.366 e. The summed E-state index contributed by atoms with van der Waals surface area (Å²) in [5.74, 6) is -0.765. The quantitative estimate of drug-likeness (QED) is 0.710. The topological polar surface area (TPSA) is 102 Å². The molecule has 130 valence electrons. The van der Waals surface area contributed by atoms with Gasteiger partial charge in [0.1, 0.15) is 5.00 Å². The van der Waals surface area contributed by atoms with Gasteiger partial charge in [-0.2, -0.15) is 5.10 Å². The number of primary amides is 1. The molecule has 24 heavy (non-hydrogen) atoms. The molecule has 0 aliphatic heterocycles. The van der Waals surface area contributed by atoms with Crippen molar-refractivity contribution in [1.82, 2.24) is 15.1 Å². The lowest BCUT2D eigenvalue weighted by Crippen LogP contribution is -2.45. The summed E-state index contributed by atoms with van der Waals surface area (Å²) in [4.78, 5) is 23.7. The van der Waals surface area contributed by atoms with Crippen LogP contribution in [0.4, 0.5) is 5.00 Å². The Labute approximate surface area is 145 Å². The molecule has 0 bridgehead atoms. The fourth-order valence-electron chi connectivity index (χ4n) is 2.31. The number of rotatable bonds is 7. The van der Waals surface area contributed by atoms with Gasteiger partial charge < -0.3 is 16.4 Å². The largest absolute Gasteiger partial charge is 0.366 e. The van der Waals surface area contributed by atoms with Crippen molar-refractivity contribution in [2.24, 2.45) is 5.73 Å². The van der Waals surface area contributed by atoms with Crippen molar-refractivity contribution in [2.75, 3.05) is 5.32 Å². The van der Waals surface area contributed by atoms with Crippen LogP contribution in [0.25, 0.3) is 0 Å². The van der Waals surface area contributed by atoms with Crippen LogP contribution in [0, 0.1) is 6.92 Å². The van der Waals surface area contributed by atoms with E-state index in [0.29, 0.717) is 10.6 Å². The number of nitrogens with one attached hydrogen (secondary N) is 2. The van der Waals surface area contributed by atoms with Gasteiger partial charge in [0.05, 0.1) is 23.8 Å². The summed E-state index contributed by atoms with van der Waals surface area (Å²) in [6.07, 6.45) is 3.78. The number of hydrogen-bond acceptors (Lipinski definition) is 5. The predicted molar refractivity (Wildman–Crippen MR) is 95.2 cm³/mol. The third kappa shape index (κ3) is 4.21. The summed E-state index contributed by atoms with van der Waals surface area (Å²) in [5, 5.41) is 12.5. The number of hydrogen-bond donors (Lipinski definition) is 3. The second-order valence-corrected chi connectivity index (χ2v) is 6.85. The van der Waals surface area contributed by atoms with Crippen molar-refractivity contribution in [3.05, 3.63) is 35.0 Å². The van der Waals surface area contributed by atoms with E-state index in [1.54, 1.807) is 18.4 Å². The van der Waals surface area contributed by atoms with Crippen LogP contribution in [-0.4, -0.2) is 33.7 Å². The maximum atomic E-state index is 12.3. The molecule has 2 aromatic heterocycles. The minimum absolute atomic E-state index is 0.0315. The van der Waals surface area contributed by atoms with Gasteiger partial charge in [-0.3, -0.25) is 14.3 Å². The molecule has 2 rings (SSSR count). The molecule has 8 heteroatoms. The van der Waals surface area contributed by atoms with E-state index in [0.717, 1.165) is 5.56 Å². The van der Waals surface area contributed by atoms with Gasteiger partial charge >= 0.3 is 0 Å². The Kier molecular flexibility index (Phi) is 5.74. The number of carbonyl (C=O) groups excluding carboxylic acids is 2. The van der Waals surface area contributed by atoms with E-state index in [2.05, 4.69) is 15.7 Å². The molecule has 0 unspecified atom stereocenters. The van der Waals surface area contributed by atoms with Crippen LogP contribution in [0.2, 0.25) is 0 Å². The zero-order valence-corrected chi connectivity index (χ0v) is 15.1. The molecule has 0 spiro atoms. The first kappa shape index (κ1) is 18.2. The van der Waals surface area contributed by atoms with Crippen molar-refractivity contribution < 1.29 is 9.59 Å². The van der Waals surface area contributed by atoms with Crippen LogP contribution in [0.5, 0.6) is 0 Å². The van der Waals surface area contributed by atoms with E-state index in [9.17, 15) is 9.59 Å². The zero-order valence-electron chi connectivity index (χ0n) is 14.2. The molecule has 0 saturated heterocycles. The molecule has 7 nitrogen and oxygen atoms in total. The van der Waals surface area contributed by atoms with Gasteiger partial charge in [-0.1, -0.05) is 0 Å². The smallest absolute Gasteiger partial charge is 0.251 e. The highest BCUT2D eigenvalue weighted by atomic mass is 32.1. The molecule has 3 atom stereocenters. The maximum absolute atomic E-state index is 12.3. The van der Waals surface area contributed by atoms with E-state index in [1.165, 1.54) is 11.3 Å². The predicted octanol–water partition coefficient (Wildman–Crippen LogP) is 1.92. The molecular formula is C16H23N5O2S. The molecule has 0 fully saturated rings. The fourth-order valence-corrected chi connectivity index (χ4v) is 3.11. The molecule has 0 radical (unpaired) electrons. The summed E-state index contributed by atoms with van der Waals surface area (Å²) >= 11 is 1.27. The Bertz CT molecular complexity index is 724. The standard InChI is InChI=1S/C16H23N5O2S/c1-9-7-18-21(8-9)12(4)10(2)19-11(3)15(23)20-16-13(14(17)22)5-6-24-16/h5-8,10-12,19H,1-4H3,(H2,17,22)(H,20,23)/t10-,11+,12+/m0/s1. The van der Waals surface area contributed by atoms with E-state index in [4.69, 9.17) is 5.73 Å². The van der Waals surface area contributed by atoms with Crippen LogP contribution in [0.1, 0.15) is 42.7 Å². The molecule has 4 N–H and O–H groups in total. The Balaban J connectivity index is 1.95. The molecule has 2 amide bonds. The van der Waals surface area contributed by atoms with Crippen LogP contribution in [0.3, 0.4) is 0 Å². The first-order valence-electron chi connectivity index (χ1n) is 7.74. The van der Waals surface area contributed by atoms with Crippen molar-refractivity contribution in [2.45, 2.75) is 45.8 Å². The molecule has 0 aliphatic rings. The van der Waals surface area contributed by atoms with E-state index in [-0.39, 0.29) is 18.0 Å². The van der Waals surface area contributed by atoms with Gasteiger partial charge in [0, 0.05) is 12.2 Å². The summed E-state index contributed by atoms with van der Waals surface area (Å²) in [7, 11) is 0. The van der Waals surface area contributed by atoms with Crippen molar-refractivity contribution in [3.63, 3.8) is 0 Å². The number of nitrogens with zero attached hydrogens (tertiary/aromatic N) is 2. The van der Waals surface area contributed by atoms with E-state index < -0.39 is 11.9 Å². The number of aryl methyl sites for hydroxylation is 1. The average Bonchev–Trinajstić information content (AvgIpc) is 3.15. The molecule has 2 aromatic rings. The second-order valence-electron chi connectivity index (χ2n) is 5.93.